The standard InChI is InChI=1S/C15H15NO4S/c1-9-4-5-12(16(18)19)7-15(9)20-8-14(17)13-6-10(2)21-11(13)3/h4-7H,8H2,1-3H3. The summed E-state index contributed by atoms with van der Waals surface area (Å²) in [6.45, 7) is 5.49. The highest BCUT2D eigenvalue weighted by atomic mass is 32.1. The molecule has 0 aliphatic carbocycles. The van der Waals surface area contributed by atoms with Gasteiger partial charge in [-0.05, 0) is 38.5 Å². The number of rotatable bonds is 5. The molecule has 0 N–H and O–H groups in total. The van der Waals surface area contributed by atoms with Crippen LogP contribution in [0.3, 0.4) is 0 Å². The molecule has 0 amide bonds. The summed E-state index contributed by atoms with van der Waals surface area (Å²) in [4.78, 5) is 24.4. The zero-order valence-electron chi connectivity index (χ0n) is 12.0. The molecular formula is C15H15NO4S. The number of hydrogen-bond donors (Lipinski definition) is 0. The van der Waals surface area contributed by atoms with Crippen LogP contribution >= 0.6 is 11.3 Å². The van der Waals surface area contributed by atoms with Crippen molar-refractivity contribution in [3.05, 3.63) is 55.3 Å². The fourth-order valence-electron chi connectivity index (χ4n) is 1.99. The van der Waals surface area contributed by atoms with E-state index < -0.39 is 4.92 Å². The molecule has 110 valence electrons. The summed E-state index contributed by atoms with van der Waals surface area (Å²) in [5.74, 6) is 0.241. The minimum absolute atomic E-state index is 0.0504. The van der Waals surface area contributed by atoms with Gasteiger partial charge in [0.15, 0.2) is 6.61 Å². The van der Waals surface area contributed by atoms with Gasteiger partial charge in [0.1, 0.15) is 5.75 Å². The van der Waals surface area contributed by atoms with Crippen molar-refractivity contribution in [3.8, 4) is 5.75 Å². The van der Waals surface area contributed by atoms with E-state index in [0.717, 1.165) is 15.3 Å². The van der Waals surface area contributed by atoms with Crippen LogP contribution in [0.5, 0.6) is 5.75 Å². The molecule has 1 aromatic carbocycles. The summed E-state index contributed by atoms with van der Waals surface area (Å²) in [7, 11) is 0. The Hall–Kier alpha value is -2.21. The van der Waals surface area contributed by atoms with Crippen LogP contribution in [0.2, 0.25) is 0 Å². The molecule has 0 saturated heterocycles. The van der Waals surface area contributed by atoms with Gasteiger partial charge in [-0.3, -0.25) is 14.9 Å². The summed E-state index contributed by atoms with van der Waals surface area (Å²) < 4.78 is 5.46. The highest BCUT2D eigenvalue weighted by Gasteiger charge is 2.15. The van der Waals surface area contributed by atoms with Gasteiger partial charge in [0, 0.05) is 21.4 Å². The van der Waals surface area contributed by atoms with Gasteiger partial charge in [-0.15, -0.1) is 11.3 Å². The predicted molar refractivity (Wildman–Crippen MR) is 81.5 cm³/mol. The van der Waals surface area contributed by atoms with E-state index >= 15 is 0 Å². The first kappa shape index (κ1) is 15.2. The van der Waals surface area contributed by atoms with Gasteiger partial charge in [0.2, 0.25) is 5.78 Å². The average molecular weight is 305 g/mol. The molecule has 0 atom stereocenters. The topological polar surface area (TPSA) is 69.4 Å². The SMILES string of the molecule is Cc1cc(C(=O)COc2cc([N+](=O)[O-])ccc2C)c(C)s1. The van der Waals surface area contributed by atoms with E-state index in [9.17, 15) is 14.9 Å². The van der Waals surface area contributed by atoms with Gasteiger partial charge in [-0.1, -0.05) is 0 Å². The molecule has 0 saturated carbocycles. The van der Waals surface area contributed by atoms with E-state index in [0.29, 0.717) is 11.3 Å². The van der Waals surface area contributed by atoms with E-state index in [1.54, 1.807) is 24.3 Å². The number of carbonyl (C=O) groups is 1. The lowest BCUT2D eigenvalue weighted by Gasteiger charge is -2.08. The molecule has 21 heavy (non-hydrogen) atoms. The number of Topliss-reactive ketones (excluding diaryl/α,β-unsaturated/α-hetero) is 1. The minimum Gasteiger partial charge on any atom is -0.485 e. The maximum atomic E-state index is 12.1. The number of non-ortho nitro benzene ring substituents is 1. The Morgan fingerprint density at radius 3 is 2.57 bits per heavy atom. The molecule has 1 heterocycles. The molecule has 0 aliphatic rings. The van der Waals surface area contributed by atoms with E-state index in [4.69, 9.17) is 4.74 Å². The maximum absolute atomic E-state index is 12.1. The first-order chi connectivity index (χ1) is 9.88. The number of ether oxygens (including phenoxy) is 1. The minimum atomic E-state index is -0.486. The Morgan fingerprint density at radius 1 is 1.29 bits per heavy atom. The molecule has 0 fully saturated rings. The number of nitro benzene ring substituents is 1. The molecule has 0 spiro atoms. The average Bonchev–Trinajstić information content (AvgIpc) is 2.76. The molecule has 2 aromatic rings. The van der Waals surface area contributed by atoms with Crippen molar-refractivity contribution in [2.45, 2.75) is 20.8 Å². The lowest BCUT2D eigenvalue weighted by molar-refractivity contribution is -0.384. The number of nitro groups is 1. The van der Waals surface area contributed by atoms with Gasteiger partial charge < -0.3 is 4.74 Å². The molecular weight excluding hydrogens is 290 g/mol. The summed E-state index contributed by atoms with van der Waals surface area (Å²) >= 11 is 1.56. The fourth-order valence-corrected chi connectivity index (χ4v) is 2.93. The Bertz CT molecular complexity index is 706. The first-order valence-corrected chi connectivity index (χ1v) is 7.18. The largest absolute Gasteiger partial charge is 0.485 e. The summed E-state index contributed by atoms with van der Waals surface area (Å²) in [5, 5.41) is 10.8. The number of ketones is 1. The van der Waals surface area contributed by atoms with Gasteiger partial charge in [-0.2, -0.15) is 0 Å². The van der Waals surface area contributed by atoms with Crippen LogP contribution in [0.15, 0.2) is 24.3 Å². The lowest BCUT2D eigenvalue weighted by Crippen LogP contribution is -2.12. The van der Waals surface area contributed by atoms with E-state index in [2.05, 4.69) is 0 Å². The van der Waals surface area contributed by atoms with Crippen molar-refractivity contribution in [2.75, 3.05) is 6.61 Å². The number of hydrogen-bond acceptors (Lipinski definition) is 5. The van der Waals surface area contributed by atoms with Gasteiger partial charge in [-0.25, -0.2) is 0 Å². The summed E-state index contributed by atoms with van der Waals surface area (Å²) in [6, 6.07) is 6.20. The van der Waals surface area contributed by atoms with Gasteiger partial charge in [0.05, 0.1) is 11.0 Å². The number of thiophene rings is 1. The van der Waals surface area contributed by atoms with Crippen LogP contribution < -0.4 is 4.74 Å². The smallest absolute Gasteiger partial charge is 0.273 e. The third kappa shape index (κ3) is 3.46. The molecule has 1 aromatic heterocycles. The second-order valence-corrected chi connectivity index (χ2v) is 6.21. The monoisotopic (exact) mass is 305 g/mol. The number of benzene rings is 1. The van der Waals surface area contributed by atoms with Crippen molar-refractivity contribution < 1.29 is 14.5 Å². The Kier molecular flexibility index (Phi) is 4.37. The number of aryl methyl sites for hydroxylation is 3. The lowest BCUT2D eigenvalue weighted by atomic mass is 10.1. The molecule has 0 radical (unpaired) electrons. The zero-order valence-corrected chi connectivity index (χ0v) is 12.8. The van der Waals surface area contributed by atoms with E-state index in [1.165, 1.54) is 12.1 Å². The number of carbonyl (C=O) groups excluding carboxylic acids is 1. The van der Waals surface area contributed by atoms with Crippen LogP contribution in [0.4, 0.5) is 5.69 Å². The van der Waals surface area contributed by atoms with E-state index in [-0.39, 0.29) is 18.1 Å². The van der Waals surface area contributed by atoms with Crippen molar-refractivity contribution in [2.24, 2.45) is 0 Å². The van der Waals surface area contributed by atoms with Crippen molar-refractivity contribution in [1.29, 1.82) is 0 Å². The Labute approximate surface area is 126 Å². The fraction of sp³-hybridized carbons (Fsp3) is 0.267. The summed E-state index contributed by atoms with van der Waals surface area (Å²) in [5.41, 5.74) is 1.36. The highest BCUT2D eigenvalue weighted by molar-refractivity contribution is 7.12. The second kappa shape index (κ2) is 6.05. The predicted octanol–water partition coefficient (Wildman–Crippen LogP) is 3.84. The normalized spacial score (nSPS) is 10.4. The van der Waals surface area contributed by atoms with Crippen molar-refractivity contribution >= 4 is 22.8 Å². The van der Waals surface area contributed by atoms with Crippen LogP contribution in [-0.2, 0) is 0 Å². The Morgan fingerprint density at radius 2 is 2.00 bits per heavy atom. The van der Waals surface area contributed by atoms with E-state index in [1.807, 2.05) is 19.9 Å². The van der Waals surface area contributed by atoms with Crippen LogP contribution in [0.1, 0.15) is 25.7 Å². The van der Waals surface area contributed by atoms with Crippen molar-refractivity contribution in [3.63, 3.8) is 0 Å². The summed E-state index contributed by atoms with van der Waals surface area (Å²) in [6.07, 6.45) is 0. The molecule has 2 rings (SSSR count). The maximum Gasteiger partial charge on any atom is 0.273 e. The van der Waals surface area contributed by atoms with Crippen LogP contribution in [0.25, 0.3) is 0 Å². The highest BCUT2D eigenvalue weighted by Crippen LogP contribution is 2.25. The molecule has 0 aliphatic heterocycles. The Balaban J connectivity index is 2.13. The molecule has 6 heteroatoms. The first-order valence-electron chi connectivity index (χ1n) is 6.36. The van der Waals surface area contributed by atoms with Gasteiger partial charge >= 0.3 is 0 Å². The third-order valence-corrected chi connectivity index (χ3v) is 4.05. The molecule has 5 nitrogen and oxygen atoms in total. The quantitative estimate of drug-likeness (QED) is 0.478. The van der Waals surface area contributed by atoms with Crippen molar-refractivity contribution in [1.82, 2.24) is 0 Å². The second-order valence-electron chi connectivity index (χ2n) is 4.75. The zero-order chi connectivity index (χ0) is 15.6. The molecule has 0 unspecified atom stereocenters. The number of nitrogens with zero attached hydrogens (tertiary/aromatic N) is 1. The van der Waals surface area contributed by atoms with Crippen LogP contribution in [0, 0.1) is 30.9 Å². The van der Waals surface area contributed by atoms with Crippen LogP contribution in [-0.4, -0.2) is 17.3 Å². The van der Waals surface area contributed by atoms with Gasteiger partial charge in [0.25, 0.3) is 5.69 Å². The molecule has 0 bridgehead atoms. The third-order valence-electron chi connectivity index (χ3n) is 3.08.